The summed E-state index contributed by atoms with van der Waals surface area (Å²) in [5.74, 6) is 0.789. The quantitative estimate of drug-likeness (QED) is 0.823. The molecule has 2 aliphatic rings. The number of aromatic nitrogens is 1. The smallest absolute Gasteiger partial charge is 0.255 e. The van der Waals surface area contributed by atoms with Gasteiger partial charge in [0.1, 0.15) is 11.6 Å². The molecule has 19 heavy (non-hydrogen) atoms. The molecular weight excluding hydrogens is 242 g/mol. The van der Waals surface area contributed by atoms with E-state index in [9.17, 15) is 9.59 Å². The predicted molar refractivity (Wildman–Crippen MR) is 70.5 cm³/mol. The molecule has 100 valence electrons. The fourth-order valence-corrected chi connectivity index (χ4v) is 3.04. The van der Waals surface area contributed by atoms with Crippen LogP contribution in [0.15, 0.2) is 18.3 Å². The van der Waals surface area contributed by atoms with E-state index in [0.717, 1.165) is 25.9 Å². The van der Waals surface area contributed by atoms with Gasteiger partial charge in [-0.15, -0.1) is 0 Å². The lowest BCUT2D eigenvalue weighted by Crippen LogP contribution is -2.49. The summed E-state index contributed by atoms with van der Waals surface area (Å²) in [7, 11) is 0. The van der Waals surface area contributed by atoms with Crippen molar-refractivity contribution in [1.82, 2.24) is 9.88 Å². The number of rotatable bonds is 1. The maximum atomic E-state index is 12.3. The first-order chi connectivity index (χ1) is 9.08. The zero-order valence-electron chi connectivity index (χ0n) is 10.8. The van der Waals surface area contributed by atoms with Crippen molar-refractivity contribution in [1.29, 1.82) is 0 Å². The molecule has 1 aliphatic carbocycles. The predicted octanol–water partition coefficient (Wildman–Crippen LogP) is 1.25. The Morgan fingerprint density at radius 1 is 1.26 bits per heavy atom. The summed E-state index contributed by atoms with van der Waals surface area (Å²) in [6, 6.07) is 3.35. The highest BCUT2D eigenvalue weighted by Crippen LogP contribution is 2.46. The molecule has 1 saturated carbocycles. The number of carbonyl (C=O) groups is 2. The van der Waals surface area contributed by atoms with Crippen molar-refractivity contribution in [2.75, 3.05) is 18.8 Å². The summed E-state index contributed by atoms with van der Waals surface area (Å²) < 4.78 is 0. The number of hydrogen-bond donors (Lipinski definition) is 1. The highest BCUT2D eigenvalue weighted by atomic mass is 16.2. The molecule has 1 aromatic rings. The molecule has 0 radical (unpaired) electrons. The standard InChI is InChI=1S/C14H17N3O2/c15-12-2-1-10(9-16-12)13(19)17-5-3-14(4-6-17)7-11(18)8-14/h1-2,9H,3-8H2,(H2,15,16). The number of pyridine rings is 1. The first-order valence-corrected chi connectivity index (χ1v) is 6.61. The Hall–Kier alpha value is -1.91. The van der Waals surface area contributed by atoms with Crippen molar-refractivity contribution in [3.8, 4) is 0 Å². The van der Waals surface area contributed by atoms with Crippen LogP contribution in [-0.4, -0.2) is 34.7 Å². The van der Waals surface area contributed by atoms with Gasteiger partial charge in [0.15, 0.2) is 0 Å². The van der Waals surface area contributed by atoms with Crippen LogP contribution in [0.3, 0.4) is 0 Å². The second-order valence-electron chi connectivity index (χ2n) is 5.66. The minimum absolute atomic E-state index is 0.00741. The summed E-state index contributed by atoms with van der Waals surface area (Å²) in [5, 5.41) is 0. The van der Waals surface area contributed by atoms with Crippen LogP contribution in [0, 0.1) is 5.41 Å². The SMILES string of the molecule is Nc1ccc(C(=O)N2CCC3(CC2)CC(=O)C3)cn1. The van der Waals surface area contributed by atoms with Gasteiger partial charge in [-0.1, -0.05) is 0 Å². The Labute approximate surface area is 111 Å². The molecule has 0 unspecified atom stereocenters. The second kappa shape index (κ2) is 4.33. The van der Waals surface area contributed by atoms with Crippen LogP contribution in [0.2, 0.25) is 0 Å². The maximum Gasteiger partial charge on any atom is 0.255 e. The van der Waals surface area contributed by atoms with Gasteiger partial charge in [-0.3, -0.25) is 9.59 Å². The highest BCUT2D eigenvalue weighted by molar-refractivity contribution is 5.94. The molecule has 1 aliphatic heterocycles. The van der Waals surface area contributed by atoms with Crippen LogP contribution in [0.1, 0.15) is 36.0 Å². The lowest BCUT2D eigenvalue weighted by atomic mass is 9.62. The molecule has 0 bridgehead atoms. The molecular formula is C14H17N3O2. The lowest BCUT2D eigenvalue weighted by Gasteiger charge is -2.46. The molecule has 5 heteroatoms. The average molecular weight is 259 g/mol. The fourth-order valence-electron chi connectivity index (χ4n) is 3.04. The number of likely N-dealkylation sites (tertiary alicyclic amines) is 1. The first kappa shape index (κ1) is 12.1. The third-order valence-corrected chi connectivity index (χ3v) is 4.29. The minimum atomic E-state index is 0.00741. The van der Waals surface area contributed by atoms with Gasteiger partial charge in [-0.25, -0.2) is 4.98 Å². The zero-order valence-corrected chi connectivity index (χ0v) is 10.8. The molecule has 1 amide bonds. The Morgan fingerprint density at radius 2 is 1.95 bits per heavy atom. The summed E-state index contributed by atoms with van der Waals surface area (Å²) in [4.78, 5) is 29.2. The van der Waals surface area contributed by atoms with Crippen molar-refractivity contribution in [2.24, 2.45) is 5.41 Å². The lowest BCUT2D eigenvalue weighted by molar-refractivity contribution is -0.135. The van der Waals surface area contributed by atoms with Crippen LogP contribution < -0.4 is 5.73 Å². The monoisotopic (exact) mass is 259 g/mol. The summed E-state index contributed by atoms with van der Waals surface area (Å²) in [6.07, 6.45) is 4.81. The Kier molecular flexibility index (Phi) is 2.77. The Balaban J connectivity index is 1.63. The van der Waals surface area contributed by atoms with E-state index in [1.165, 1.54) is 6.20 Å². The number of hydrogen-bond acceptors (Lipinski definition) is 4. The van der Waals surface area contributed by atoms with E-state index in [-0.39, 0.29) is 11.3 Å². The van der Waals surface area contributed by atoms with Crippen molar-refractivity contribution >= 4 is 17.5 Å². The van der Waals surface area contributed by atoms with Gasteiger partial charge in [0.05, 0.1) is 5.56 Å². The normalized spacial score (nSPS) is 21.3. The number of carbonyl (C=O) groups excluding carboxylic acids is 2. The van der Waals surface area contributed by atoms with Gasteiger partial charge >= 0.3 is 0 Å². The maximum absolute atomic E-state index is 12.3. The molecule has 2 fully saturated rings. The van der Waals surface area contributed by atoms with Crippen LogP contribution in [0.5, 0.6) is 0 Å². The third kappa shape index (κ3) is 2.20. The zero-order chi connectivity index (χ0) is 13.5. The molecule has 0 atom stereocenters. The van der Waals surface area contributed by atoms with Crippen molar-refractivity contribution in [3.63, 3.8) is 0 Å². The second-order valence-corrected chi connectivity index (χ2v) is 5.66. The Bertz CT molecular complexity index is 506. The van der Waals surface area contributed by atoms with Gasteiger partial charge in [0.2, 0.25) is 0 Å². The average Bonchev–Trinajstić information content (AvgIpc) is 2.38. The van der Waals surface area contributed by atoms with E-state index in [1.54, 1.807) is 12.1 Å². The number of nitrogens with zero attached hydrogens (tertiary/aromatic N) is 2. The molecule has 2 heterocycles. The number of Topliss-reactive ketones (excluding diaryl/α,β-unsaturated/α-hetero) is 1. The van der Waals surface area contributed by atoms with Crippen LogP contribution in [-0.2, 0) is 4.79 Å². The van der Waals surface area contributed by atoms with E-state index < -0.39 is 0 Å². The van der Waals surface area contributed by atoms with Crippen LogP contribution in [0.4, 0.5) is 5.82 Å². The van der Waals surface area contributed by atoms with Gasteiger partial charge in [-0.2, -0.15) is 0 Å². The number of piperidine rings is 1. The number of nitrogen functional groups attached to an aromatic ring is 1. The molecule has 2 N–H and O–H groups in total. The topological polar surface area (TPSA) is 76.3 Å². The number of anilines is 1. The Morgan fingerprint density at radius 3 is 2.47 bits per heavy atom. The number of nitrogens with two attached hydrogens (primary N) is 1. The third-order valence-electron chi connectivity index (χ3n) is 4.29. The van der Waals surface area contributed by atoms with E-state index in [1.807, 2.05) is 4.90 Å². The highest BCUT2D eigenvalue weighted by Gasteiger charge is 2.45. The molecule has 1 saturated heterocycles. The minimum Gasteiger partial charge on any atom is -0.384 e. The number of amides is 1. The van der Waals surface area contributed by atoms with Gasteiger partial charge in [0.25, 0.3) is 5.91 Å². The largest absolute Gasteiger partial charge is 0.384 e. The molecule has 3 rings (SSSR count). The van der Waals surface area contributed by atoms with Crippen molar-refractivity contribution in [3.05, 3.63) is 23.9 Å². The summed E-state index contributed by atoms with van der Waals surface area (Å²) >= 11 is 0. The summed E-state index contributed by atoms with van der Waals surface area (Å²) in [5.41, 5.74) is 6.29. The van der Waals surface area contributed by atoms with Crippen molar-refractivity contribution in [2.45, 2.75) is 25.7 Å². The van der Waals surface area contributed by atoms with Gasteiger partial charge in [0, 0.05) is 32.1 Å². The van der Waals surface area contributed by atoms with Crippen molar-refractivity contribution < 1.29 is 9.59 Å². The van der Waals surface area contributed by atoms with Gasteiger partial charge in [-0.05, 0) is 30.4 Å². The van der Waals surface area contributed by atoms with Gasteiger partial charge < -0.3 is 10.6 Å². The van der Waals surface area contributed by atoms with E-state index in [2.05, 4.69) is 4.98 Å². The number of ketones is 1. The molecule has 5 nitrogen and oxygen atoms in total. The fraction of sp³-hybridized carbons (Fsp3) is 0.500. The van der Waals surface area contributed by atoms with E-state index in [0.29, 0.717) is 30.0 Å². The molecule has 1 spiro atoms. The van der Waals surface area contributed by atoms with E-state index in [4.69, 9.17) is 5.73 Å². The van der Waals surface area contributed by atoms with Crippen LogP contribution >= 0.6 is 0 Å². The molecule has 0 aromatic carbocycles. The van der Waals surface area contributed by atoms with E-state index >= 15 is 0 Å². The molecule has 1 aromatic heterocycles. The first-order valence-electron chi connectivity index (χ1n) is 6.61. The summed E-state index contributed by atoms with van der Waals surface area (Å²) in [6.45, 7) is 1.47. The van der Waals surface area contributed by atoms with Crippen LogP contribution in [0.25, 0.3) is 0 Å².